The van der Waals surface area contributed by atoms with Crippen LogP contribution in [0, 0.1) is 5.92 Å². The van der Waals surface area contributed by atoms with E-state index in [1.54, 1.807) is 7.05 Å². The Balaban J connectivity index is 1.83. The Morgan fingerprint density at radius 3 is 2.73 bits per heavy atom. The molecule has 2 aliphatic rings. The highest BCUT2D eigenvalue weighted by Crippen LogP contribution is 2.23. The van der Waals surface area contributed by atoms with Crippen LogP contribution in [0.2, 0.25) is 0 Å². The molecule has 0 radical (unpaired) electrons. The van der Waals surface area contributed by atoms with Crippen molar-refractivity contribution in [3.8, 4) is 0 Å². The second-order valence-electron chi connectivity index (χ2n) is 4.44. The summed E-state index contributed by atoms with van der Waals surface area (Å²) in [6, 6.07) is 0.647. The summed E-state index contributed by atoms with van der Waals surface area (Å²) in [5.41, 5.74) is 0. The fraction of sp³-hybridized carbons (Fsp3) is 0.909. The number of carbonyl (C=O) groups is 1. The fourth-order valence-corrected chi connectivity index (χ4v) is 2.59. The summed E-state index contributed by atoms with van der Waals surface area (Å²) in [6.45, 7) is 3.77. The third-order valence-electron chi connectivity index (χ3n) is 3.54. The molecule has 15 heavy (non-hydrogen) atoms. The van der Waals surface area contributed by atoms with Crippen molar-refractivity contribution in [2.75, 3.05) is 33.4 Å². The van der Waals surface area contributed by atoms with Crippen molar-refractivity contribution < 1.29 is 9.53 Å². The predicted octanol–water partition coefficient (Wildman–Crippen LogP) is 0.233. The monoisotopic (exact) mass is 212 g/mol. The molecule has 1 amide bonds. The van der Waals surface area contributed by atoms with Crippen LogP contribution in [0.3, 0.4) is 0 Å². The molecule has 1 N–H and O–H groups in total. The van der Waals surface area contributed by atoms with Gasteiger partial charge in [0, 0.05) is 32.8 Å². The SMILES string of the molecule is CNC(=O)C1CCN(C2CCOCC2)C1. The van der Waals surface area contributed by atoms with Crippen molar-refractivity contribution in [2.24, 2.45) is 5.92 Å². The Morgan fingerprint density at radius 1 is 1.33 bits per heavy atom. The molecular formula is C11H20N2O2. The summed E-state index contributed by atoms with van der Waals surface area (Å²) in [4.78, 5) is 13.9. The maximum atomic E-state index is 11.5. The Morgan fingerprint density at radius 2 is 2.07 bits per heavy atom. The van der Waals surface area contributed by atoms with Gasteiger partial charge in [-0.1, -0.05) is 0 Å². The second kappa shape index (κ2) is 4.94. The minimum atomic E-state index is 0.199. The molecule has 0 aromatic rings. The molecular weight excluding hydrogens is 192 g/mol. The van der Waals surface area contributed by atoms with E-state index in [0.717, 1.165) is 45.6 Å². The maximum absolute atomic E-state index is 11.5. The third-order valence-corrected chi connectivity index (χ3v) is 3.54. The molecule has 2 rings (SSSR count). The highest BCUT2D eigenvalue weighted by atomic mass is 16.5. The van der Waals surface area contributed by atoms with E-state index in [1.807, 2.05) is 0 Å². The van der Waals surface area contributed by atoms with Gasteiger partial charge in [-0.3, -0.25) is 9.69 Å². The molecule has 0 aliphatic carbocycles. The van der Waals surface area contributed by atoms with Gasteiger partial charge in [0.25, 0.3) is 0 Å². The van der Waals surface area contributed by atoms with Gasteiger partial charge in [0.15, 0.2) is 0 Å². The zero-order valence-corrected chi connectivity index (χ0v) is 9.37. The highest BCUT2D eigenvalue weighted by molar-refractivity contribution is 5.78. The van der Waals surface area contributed by atoms with Crippen molar-refractivity contribution in [2.45, 2.75) is 25.3 Å². The van der Waals surface area contributed by atoms with Crippen LogP contribution < -0.4 is 5.32 Å². The van der Waals surface area contributed by atoms with E-state index in [-0.39, 0.29) is 11.8 Å². The van der Waals surface area contributed by atoms with Gasteiger partial charge >= 0.3 is 0 Å². The molecule has 4 nitrogen and oxygen atoms in total. The number of nitrogens with zero attached hydrogens (tertiary/aromatic N) is 1. The summed E-state index contributed by atoms with van der Waals surface area (Å²) < 4.78 is 5.35. The van der Waals surface area contributed by atoms with Gasteiger partial charge in [-0.05, 0) is 25.8 Å². The van der Waals surface area contributed by atoms with Gasteiger partial charge in [0.1, 0.15) is 0 Å². The first kappa shape index (κ1) is 10.9. The topological polar surface area (TPSA) is 41.6 Å². The lowest BCUT2D eigenvalue weighted by atomic mass is 10.1. The first-order valence-corrected chi connectivity index (χ1v) is 5.84. The number of likely N-dealkylation sites (tertiary alicyclic amines) is 1. The first-order valence-electron chi connectivity index (χ1n) is 5.84. The molecule has 4 heteroatoms. The average molecular weight is 212 g/mol. The van der Waals surface area contributed by atoms with E-state index in [9.17, 15) is 4.79 Å². The van der Waals surface area contributed by atoms with Crippen LogP contribution in [0.4, 0.5) is 0 Å². The lowest BCUT2D eigenvalue weighted by molar-refractivity contribution is -0.124. The Labute approximate surface area is 91.0 Å². The van der Waals surface area contributed by atoms with Crippen LogP contribution in [0.5, 0.6) is 0 Å². The van der Waals surface area contributed by atoms with E-state index in [1.165, 1.54) is 0 Å². The third kappa shape index (κ3) is 2.49. The summed E-state index contributed by atoms with van der Waals surface area (Å²) >= 11 is 0. The summed E-state index contributed by atoms with van der Waals surface area (Å²) in [6.07, 6.45) is 3.26. The minimum absolute atomic E-state index is 0.199. The number of ether oxygens (including phenoxy) is 1. The van der Waals surface area contributed by atoms with Gasteiger partial charge < -0.3 is 10.1 Å². The van der Waals surface area contributed by atoms with Crippen LogP contribution in [0.15, 0.2) is 0 Å². The van der Waals surface area contributed by atoms with E-state index < -0.39 is 0 Å². The molecule has 2 aliphatic heterocycles. The van der Waals surface area contributed by atoms with Gasteiger partial charge in [-0.2, -0.15) is 0 Å². The van der Waals surface area contributed by atoms with E-state index >= 15 is 0 Å². The number of carbonyl (C=O) groups excluding carboxylic acids is 1. The zero-order valence-electron chi connectivity index (χ0n) is 9.37. The standard InChI is InChI=1S/C11H20N2O2/c1-12-11(14)9-2-5-13(8-9)10-3-6-15-7-4-10/h9-10H,2-8H2,1H3,(H,12,14). The predicted molar refractivity (Wildman–Crippen MR) is 57.6 cm³/mol. The average Bonchev–Trinajstić information content (AvgIpc) is 2.78. The zero-order chi connectivity index (χ0) is 10.7. The van der Waals surface area contributed by atoms with Crippen LogP contribution in [-0.2, 0) is 9.53 Å². The number of nitrogens with one attached hydrogen (secondary N) is 1. The number of hydrogen-bond acceptors (Lipinski definition) is 3. The van der Waals surface area contributed by atoms with Crippen LogP contribution in [0.25, 0.3) is 0 Å². The lowest BCUT2D eigenvalue weighted by Crippen LogP contribution is -2.39. The second-order valence-corrected chi connectivity index (χ2v) is 4.44. The summed E-state index contributed by atoms with van der Waals surface area (Å²) in [7, 11) is 1.72. The highest BCUT2D eigenvalue weighted by Gasteiger charge is 2.32. The van der Waals surface area contributed by atoms with E-state index in [2.05, 4.69) is 10.2 Å². The molecule has 2 saturated heterocycles. The van der Waals surface area contributed by atoms with Gasteiger partial charge in [0.05, 0.1) is 5.92 Å². The van der Waals surface area contributed by atoms with Gasteiger partial charge in [-0.25, -0.2) is 0 Å². The Kier molecular flexibility index (Phi) is 3.59. The molecule has 1 unspecified atom stereocenters. The molecule has 0 aromatic heterocycles. The summed E-state index contributed by atoms with van der Waals surface area (Å²) in [5.74, 6) is 0.405. The van der Waals surface area contributed by atoms with Crippen LogP contribution in [0.1, 0.15) is 19.3 Å². The van der Waals surface area contributed by atoms with E-state index in [4.69, 9.17) is 4.74 Å². The van der Waals surface area contributed by atoms with Crippen molar-refractivity contribution >= 4 is 5.91 Å². The van der Waals surface area contributed by atoms with Crippen molar-refractivity contribution in [1.29, 1.82) is 0 Å². The molecule has 2 fully saturated rings. The van der Waals surface area contributed by atoms with E-state index in [0.29, 0.717) is 6.04 Å². The van der Waals surface area contributed by atoms with Crippen molar-refractivity contribution in [3.05, 3.63) is 0 Å². The van der Waals surface area contributed by atoms with Crippen LogP contribution >= 0.6 is 0 Å². The normalized spacial score (nSPS) is 29.3. The molecule has 0 saturated carbocycles. The molecule has 0 bridgehead atoms. The number of rotatable bonds is 2. The molecule has 1 atom stereocenters. The van der Waals surface area contributed by atoms with Gasteiger partial charge in [0.2, 0.25) is 5.91 Å². The summed E-state index contributed by atoms with van der Waals surface area (Å²) in [5, 5.41) is 2.74. The lowest BCUT2D eigenvalue weighted by Gasteiger charge is -2.30. The molecule has 0 aromatic carbocycles. The first-order chi connectivity index (χ1) is 7.31. The smallest absolute Gasteiger partial charge is 0.224 e. The largest absolute Gasteiger partial charge is 0.381 e. The molecule has 86 valence electrons. The van der Waals surface area contributed by atoms with Crippen molar-refractivity contribution in [3.63, 3.8) is 0 Å². The number of hydrogen-bond donors (Lipinski definition) is 1. The Bertz CT molecular complexity index is 227. The molecule has 2 heterocycles. The maximum Gasteiger partial charge on any atom is 0.224 e. The van der Waals surface area contributed by atoms with Crippen molar-refractivity contribution in [1.82, 2.24) is 10.2 Å². The van der Waals surface area contributed by atoms with Gasteiger partial charge in [-0.15, -0.1) is 0 Å². The Hall–Kier alpha value is -0.610. The fourth-order valence-electron chi connectivity index (χ4n) is 2.59. The minimum Gasteiger partial charge on any atom is -0.381 e. The quantitative estimate of drug-likeness (QED) is 0.712. The molecule has 0 spiro atoms. The number of amides is 1. The van der Waals surface area contributed by atoms with Crippen LogP contribution in [-0.4, -0.2) is 50.2 Å².